The maximum atomic E-state index is 14.5. The molecule has 0 unspecified atom stereocenters. The average Bonchev–Trinajstić information content (AvgIpc) is 3.00. The molecule has 2 aromatic heterocycles. The number of hydrogen-bond donors (Lipinski definition) is 3. The normalized spacial score (nSPS) is 14.6. The Hall–Kier alpha value is -3.63. The van der Waals surface area contributed by atoms with Crippen molar-refractivity contribution < 1.29 is 17.6 Å². The molecule has 7 nitrogen and oxygen atoms in total. The number of nitrogen functional groups attached to an aromatic ring is 2. The third-order valence-corrected chi connectivity index (χ3v) is 4.70. The molecule has 0 amide bonds. The third-order valence-electron chi connectivity index (χ3n) is 4.70. The molecule has 30 heavy (non-hydrogen) atoms. The largest absolute Gasteiger partial charge is 0.412 e. The van der Waals surface area contributed by atoms with E-state index in [0.717, 1.165) is 6.08 Å². The van der Waals surface area contributed by atoms with Gasteiger partial charge in [0.25, 0.3) is 0 Å². The van der Waals surface area contributed by atoms with Gasteiger partial charge in [0.1, 0.15) is 5.82 Å². The number of aromatic nitrogens is 4. The minimum absolute atomic E-state index is 0.0492. The van der Waals surface area contributed by atoms with E-state index in [-0.39, 0.29) is 24.6 Å². The van der Waals surface area contributed by atoms with Gasteiger partial charge in [-0.1, -0.05) is 6.08 Å². The lowest BCUT2D eigenvalue weighted by atomic mass is 10.0. The second-order valence-corrected chi connectivity index (χ2v) is 6.82. The van der Waals surface area contributed by atoms with E-state index in [1.54, 1.807) is 29.7 Å². The van der Waals surface area contributed by atoms with Crippen LogP contribution in [0, 0.1) is 12.7 Å². The van der Waals surface area contributed by atoms with Gasteiger partial charge in [-0.15, -0.1) is 0 Å². The first kappa shape index (κ1) is 19.7. The summed E-state index contributed by atoms with van der Waals surface area (Å²) in [5, 5.41) is 2.73. The summed E-state index contributed by atoms with van der Waals surface area (Å²) in [4.78, 5) is 12.6. The van der Waals surface area contributed by atoms with Gasteiger partial charge in [-0.3, -0.25) is 4.57 Å². The molecule has 0 saturated carbocycles. The number of halogens is 4. The number of hydrogen-bond acceptors (Lipinski definition) is 6. The van der Waals surface area contributed by atoms with E-state index in [2.05, 4.69) is 20.3 Å². The smallest absolute Gasteiger partial charge is 0.399 e. The summed E-state index contributed by atoms with van der Waals surface area (Å²) in [5.41, 5.74) is 13.1. The van der Waals surface area contributed by atoms with Crippen molar-refractivity contribution in [3.05, 3.63) is 53.3 Å². The summed E-state index contributed by atoms with van der Waals surface area (Å²) in [7, 11) is 0. The molecule has 0 radical (unpaired) electrons. The number of nitrogens with zero attached hydrogens (tertiary/aromatic N) is 4. The monoisotopic (exact) mass is 419 g/mol. The van der Waals surface area contributed by atoms with E-state index < -0.39 is 23.4 Å². The number of nitrogens with two attached hydrogens (primary N) is 2. The van der Waals surface area contributed by atoms with Gasteiger partial charge in [-0.2, -0.15) is 27.5 Å². The minimum atomic E-state index is -4.39. The Bertz CT molecular complexity index is 1210. The van der Waals surface area contributed by atoms with E-state index >= 15 is 0 Å². The van der Waals surface area contributed by atoms with Gasteiger partial charge in [-0.05, 0) is 44.0 Å². The van der Waals surface area contributed by atoms with Gasteiger partial charge in [0.15, 0.2) is 11.6 Å². The van der Waals surface area contributed by atoms with Crippen molar-refractivity contribution in [3.63, 3.8) is 0 Å². The van der Waals surface area contributed by atoms with E-state index in [1.807, 2.05) is 0 Å². The molecular formula is C19H17F4N7. The highest BCUT2D eigenvalue weighted by Gasteiger charge is 2.33. The molecule has 0 aliphatic heterocycles. The van der Waals surface area contributed by atoms with Gasteiger partial charge in [0, 0.05) is 17.0 Å². The van der Waals surface area contributed by atoms with Gasteiger partial charge in [0.05, 0.1) is 11.0 Å². The van der Waals surface area contributed by atoms with Crippen LogP contribution in [-0.4, -0.2) is 25.7 Å². The van der Waals surface area contributed by atoms with Crippen LogP contribution in [-0.2, 0) is 0 Å². The van der Waals surface area contributed by atoms with Crippen molar-refractivity contribution in [2.75, 3.05) is 16.8 Å². The zero-order chi connectivity index (χ0) is 21.6. The fourth-order valence-electron chi connectivity index (χ4n) is 3.23. The lowest BCUT2D eigenvalue weighted by Crippen LogP contribution is -2.16. The highest BCUT2D eigenvalue weighted by Crippen LogP contribution is 2.33. The van der Waals surface area contributed by atoms with Crippen molar-refractivity contribution in [2.24, 2.45) is 0 Å². The van der Waals surface area contributed by atoms with Gasteiger partial charge in [-0.25, -0.2) is 4.98 Å². The van der Waals surface area contributed by atoms with Gasteiger partial charge >= 0.3 is 6.18 Å². The molecule has 156 valence electrons. The van der Waals surface area contributed by atoms with Crippen LogP contribution in [0.4, 0.5) is 34.9 Å². The summed E-state index contributed by atoms with van der Waals surface area (Å²) in [5.74, 6) is -0.952. The Morgan fingerprint density at radius 1 is 1.07 bits per heavy atom. The number of fused-ring (bicyclic) bond motifs is 1. The highest BCUT2D eigenvalue weighted by atomic mass is 19.4. The molecule has 1 aromatic carbocycles. The van der Waals surface area contributed by atoms with Crippen LogP contribution in [0.25, 0.3) is 17.0 Å². The Balaban J connectivity index is 1.75. The molecule has 1 aliphatic rings. The van der Waals surface area contributed by atoms with Crippen LogP contribution in [0.3, 0.4) is 0 Å². The Morgan fingerprint density at radius 3 is 2.50 bits per heavy atom. The van der Waals surface area contributed by atoms with Crippen LogP contribution in [0.1, 0.15) is 18.7 Å². The van der Waals surface area contributed by atoms with E-state index in [4.69, 9.17) is 11.5 Å². The molecule has 0 saturated heterocycles. The predicted octanol–water partition coefficient (Wildman–Crippen LogP) is 4.01. The van der Waals surface area contributed by atoms with Crippen molar-refractivity contribution in [1.29, 1.82) is 0 Å². The van der Waals surface area contributed by atoms with Crippen molar-refractivity contribution in [2.45, 2.75) is 25.9 Å². The fraction of sp³-hybridized carbons (Fsp3) is 0.211. The number of allylic oxidation sites excluding steroid dienone is 4. The Labute approximate surface area is 168 Å². The lowest BCUT2D eigenvalue weighted by Gasteiger charge is -2.18. The van der Waals surface area contributed by atoms with E-state index in [9.17, 15) is 17.6 Å². The molecule has 3 aromatic rings. The predicted molar refractivity (Wildman–Crippen MR) is 105 cm³/mol. The number of aryl methyl sites for hydroxylation is 1. The molecule has 11 heteroatoms. The number of anilines is 3. The highest BCUT2D eigenvalue weighted by molar-refractivity contribution is 5.81. The summed E-state index contributed by atoms with van der Waals surface area (Å²) in [6, 6.07) is 5.11. The maximum absolute atomic E-state index is 14.5. The van der Waals surface area contributed by atoms with Crippen molar-refractivity contribution in [3.8, 4) is 5.95 Å². The van der Waals surface area contributed by atoms with Crippen molar-refractivity contribution >= 4 is 28.4 Å². The van der Waals surface area contributed by atoms with Crippen LogP contribution in [0.5, 0.6) is 0 Å². The number of nitrogens with one attached hydrogen (secondary N) is 1. The summed E-state index contributed by atoms with van der Waals surface area (Å²) < 4.78 is 54.5. The van der Waals surface area contributed by atoms with Crippen molar-refractivity contribution in [1.82, 2.24) is 19.5 Å². The SMILES string of the molecule is Cc1nc2ccc(N)cc2n1-c1nc(N)c(F)c(NC2=CC=C(C(F)(F)F)CC2)n1. The summed E-state index contributed by atoms with van der Waals surface area (Å²) in [6.45, 7) is 1.72. The molecule has 4 rings (SSSR count). The Kier molecular flexibility index (Phi) is 4.60. The first-order valence-electron chi connectivity index (χ1n) is 8.95. The standard InChI is InChI=1S/C19H17F4N7/c1-9-26-13-7-4-11(24)8-14(13)30(9)18-28-16(25)15(20)17(29-18)27-12-5-2-10(3-6-12)19(21,22)23/h2,4-5,7-8H,3,6,24H2,1H3,(H3,25,27,28,29). The Morgan fingerprint density at radius 2 is 1.83 bits per heavy atom. The first-order valence-corrected chi connectivity index (χ1v) is 8.95. The molecule has 0 bridgehead atoms. The second-order valence-electron chi connectivity index (χ2n) is 6.82. The topological polar surface area (TPSA) is 108 Å². The quantitative estimate of drug-likeness (QED) is 0.437. The molecule has 0 spiro atoms. The molecule has 5 N–H and O–H groups in total. The molecule has 1 aliphatic carbocycles. The zero-order valence-electron chi connectivity index (χ0n) is 15.8. The lowest BCUT2D eigenvalue weighted by molar-refractivity contribution is -0.0941. The number of alkyl halides is 3. The van der Waals surface area contributed by atoms with Crippen LogP contribution >= 0.6 is 0 Å². The number of benzene rings is 1. The minimum Gasteiger partial charge on any atom is -0.399 e. The molecule has 0 atom stereocenters. The third kappa shape index (κ3) is 3.53. The molecule has 2 heterocycles. The van der Waals surface area contributed by atoms with Crippen LogP contribution < -0.4 is 16.8 Å². The fourth-order valence-corrected chi connectivity index (χ4v) is 3.23. The average molecular weight is 419 g/mol. The molecule has 0 fully saturated rings. The summed E-state index contributed by atoms with van der Waals surface area (Å²) >= 11 is 0. The maximum Gasteiger partial charge on any atom is 0.412 e. The van der Waals surface area contributed by atoms with E-state index in [1.165, 1.54) is 6.08 Å². The van der Waals surface area contributed by atoms with Gasteiger partial charge < -0.3 is 16.8 Å². The van der Waals surface area contributed by atoms with Crippen LogP contribution in [0.2, 0.25) is 0 Å². The van der Waals surface area contributed by atoms with E-state index in [0.29, 0.717) is 28.2 Å². The number of imidazole rings is 1. The second kappa shape index (κ2) is 7.01. The van der Waals surface area contributed by atoms with Gasteiger partial charge in [0.2, 0.25) is 11.8 Å². The zero-order valence-corrected chi connectivity index (χ0v) is 15.8. The number of rotatable bonds is 3. The summed E-state index contributed by atoms with van der Waals surface area (Å²) in [6.07, 6.45) is -2.34. The molecular weight excluding hydrogens is 402 g/mol. The van der Waals surface area contributed by atoms with Crippen LogP contribution in [0.15, 0.2) is 41.6 Å². The first-order chi connectivity index (χ1) is 14.1.